The van der Waals surface area contributed by atoms with E-state index in [0.29, 0.717) is 0 Å². The summed E-state index contributed by atoms with van der Waals surface area (Å²) in [5.74, 6) is 0. The van der Waals surface area contributed by atoms with Crippen LogP contribution in [0.4, 0.5) is 0 Å². The maximum absolute atomic E-state index is 8.80. The maximum atomic E-state index is 8.80. The molecular formula is H3Co2LiMnNiO4. The quantitative estimate of drug-likeness (QED) is 0.445. The monoisotopic (exact) mass is 305 g/mol. The van der Waals surface area contributed by atoms with E-state index in [9.17, 15) is 0 Å². The summed E-state index contributed by atoms with van der Waals surface area (Å²) < 4.78 is 31.8. The van der Waals surface area contributed by atoms with E-state index in [4.69, 9.17) is 16.0 Å². The third-order valence-corrected chi connectivity index (χ3v) is 0. The number of rotatable bonds is 0. The third kappa shape index (κ3) is 146. The van der Waals surface area contributed by atoms with Crippen LogP contribution in [-0.2, 0) is 71.1 Å². The van der Waals surface area contributed by atoms with Crippen molar-refractivity contribution in [2.24, 2.45) is 0 Å². The van der Waals surface area contributed by atoms with Gasteiger partial charge in [-0.2, -0.15) is 0 Å². The Bertz CT molecular complexity index is 106. The summed E-state index contributed by atoms with van der Waals surface area (Å²) in [5, 5.41) is 0. The molecule has 0 unspecified atom stereocenters. The molecule has 0 spiro atoms. The first-order valence-corrected chi connectivity index (χ1v) is 2.67. The zero-order valence-electron chi connectivity index (χ0n) is 5.07. The zero-order chi connectivity index (χ0) is 4.50. The first kappa shape index (κ1) is 30.4. The molecule has 0 aromatic carbocycles. The van der Waals surface area contributed by atoms with Crippen LogP contribution in [0.25, 0.3) is 0 Å². The van der Waals surface area contributed by atoms with Crippen LogP contribution >= 0.6 is 0 Å². The molecular weight excluding hydrogens is 302 g/mol. The van der Waals surface area contributed by atoms with Crippen LogP contribution in [-0.4, -0.2) is 8.38 Å². The van der Waals surface area contributed by atoms with Crippen molar-refractivity contribution in [1.82, 2.24) is 0 Å². The van der Waals surface area contributed by atoms with Crippen LogP contribution in [0, 0.1) is 0 Å². The van der Waals surface area contributed by atoms with Gasteiger partial charge in [-0.1, -0.05) is 0 Å². The minimum absolute atomic E-state index is 0. The van der Waals surface area contributed by atoms with Gasteiger partial charge in [0.15, 0.2) is 0 Å². The van der Waals surface area contributed by atoms with Crippen LogP contribution in [0.2, 0.25) is 0 Å². The molecule has 0 aromatic heterocycles. The summed E-state index contributed by atoms with van der Waals surface area (Å²) >= 11 is -5.12. The van der Waals surface area contributed by atoms with Gasteiger partial charge in [0, 0.05) is 50.0 Å². The van der Waals surface area contributed by atoms with Crippen molar-refractivity contribution in [3.8, 4) is 0 Å². The van der Waals surface area contributed by atoms with Gasteiger partial charge in [0.2, 0.25) is 0 Å². The second-order valence-corrected chi connectivity index (χ2v) is 1.71. The minimum atomic E-state index is -5.12. The molecule has 0 rings (SSSR count). The van der Waals surface area contributed by atoms with E-state index in [1.165, 1.54) is 0 Å². The van der Waals surface area contributed by atoms with Crippen molar-refractivity contribution in [2.75, 3.05) is 0 Å². The van der Waals surface area contributed by atoms with E-state index in [1.807, 2.05) is 0 Å². The van der Waals surface area contributed by atoms with E-state index in [0.717, 1.165) is 0 Å². The Morgan fingerprint density at radius 2 is 1.11 bits per heavy atom. The molecule has 0 saturated carbocycles. The molecule has 0 aromatic rings. The Labute approximate surface area is 98.8 Å². The second-order valence-electron chi connectivity index (χ2n) is 0.415. The Morgan fingerprint density at radius 3 is 1.11 bits per heavy atom. The number of hydrogen-bond donors (Lipinski definition) is 2. The van der Waals surface area contributed by atoms with Crippen molar-refractivity contribution in [1.29, 1.82) is 0 Å². The molecule has 63 valence electrons. The first-order chi connectivity index (χ1) is 2.00. The Morgan fingerprint density at radius 1 is 1.11 bits per heavy atom. The fraction of sp³-hybridized carbons (Fsp3) is 0. The van der Waals surface area contributed by atoms with Crippen molar-refractivity contribution < 1.29 is 99.8 Å². The van der Waals surface area contributed by atoms with Crippen molar-refractivity contribution in [3.05, 3.63) is 0 Å². The van der Waals surface area contributed by atoms with E-state index < -0.39 is 13.4 Å². The van der Waals surface area contributed by atoms with Crippen LogP contribution < -0.4 is 18.9 Å². The predicted molar refractivity (Wildman–Crippen MR) is 6.92 cm³/mol. The molecule has 0 aliphatic carbocycles. The molecule has 2 N–H and O–H groups in total. The molecule has 0 amide bonds. The topological polar surface area (TPSA) is 74.6 Å². The van der Waals surface area contributed by atoms with E-state index in [1.54, 1.807) is 0 Å². The standard InChI is InChI=1S/2Co.Li.Mn.Ni.2H2O.2O.H/h;;;;;2*1H2;;;/q;;+1;+2;;;;;;-1/p-2. The summed E-state index contributed by atoms with van der Waals surface area (Å²) in [5.41, 5.74) is 0. The first-order valence-electron chi connectivity index (χ1n) is 0.647. The molecule has 9 heteroatoms. The Balaban J connectivity index is -0.00000000800. The summed E-state index contributed by atoms with van der Waals surface area (Å²) in [6.07, 6.45) is 0. The van der Waals surface area contributed by atoms with E-state index in [2.05, 4.69) is 0 Å². The fourth-order valence-corrected chi connectivity index (χ4v) is 0. The Kier molecular flexibility index (Phi) is 43.2. The van der Waals surface area contributed by atoms with Gasteiger partial charge in [0.1, 0.15) is 0 Å². The average Bonchev–Trinajstić information content (AvgIpc) is 0.722. The molecule has 0 aliphatic rings. The molecule has 0 atom stereocenters. The zero-order valence-corrected chi connectivity index (χ0v) is 8.32. The van der Waals surface area contributed by atoms with E-state index in [-0.39, 0.29) is 70.3 Å². The molecule has 0 saturated heterocycles. The normalized spacial score (nSPS) is 6.44. The summed E-state index contributed by atoms with van der Waals surface area (Å²) in [6.45, 7) is 0. The van der Waals surface area contributed by atoms with Gasteiger partial charge in [-0.25, -0.2) is 0 Å². The second kappa shape index (κ2) is 12.8. The summed E-state index contributed by atoms with van der Waals surface area (Å²) in [4.78, 5) is 0. The molecule has 0 aliphatic heterocycles. The average molecular weight is 305 g/mol. The molecule has 9 heavy (non-hydrogen) atoms. The predicted octanol–water partition coefficient (Wildman–Crippen LogP) is -4.25. The van der Waals surface area contributed by atoms with Crippen LogP contribution in [0.15, 0.2) is 0 Å². The van der Waals surface area contributed by atoms with Gasteiger partial charge >= 0.3 is 48.3 Å². The van der Waals surface area contributed by atoms with Crippen molar-refractivity contribution in [2.45, 2.75) is 0 Å². The summed E-state index contributed by atoms with van der Waals surface area (Å²) in [6, 6.07) is 0. The molecule has 2 radical (unpaired) electrons. The summed E-state index contributed by atoms with van der Waals surface area (Å²) in [7, 11) is 0. The van der Waals surface area contributed by atoms with Crippen LogP contribution in [0.3, 0.4) is 0 Å². The van der Waals surface area contributed by atoms with Crippen molar-refractivity contribution >= 4 is 0 Å². The SMILES string of the molecule is [Co].[Co].[H-].[Li+].[Ni].[O]=[Mn](=[O])([OH])[OH]. The van der Waals surface area contributed by atoms with Gasteiger partial charge < -0.3 is 1.43 Å². The fourth-order valence-electron chi connectivity index (χ4n) is 0. The van der Waals surface area contributed by atoms with E-state index >= 15 is 0 Å². The van der Waals surface area contributed by atoms with Gasteiger partial charge in [0.05, 0.1) is 0 Å². The van der Waals surface area contributed by atoms with Gasteiger partial charge in [-0.3, -0.25) is 0 Å². The molecule has 0 bridgehead atoms. The molecule has 4 nitrogen and oxygen atoms in total. The van der Waals surface area contributed by atoms with Crippen LogP contribution in [0.5, 0.6) is 0 Å². The number of hydrogen-bond acceptors (Lipinski definition) is 2. The van der Waals surface area contributed by atoms with Gasteiger partial charge in [-0.15, -0.1) is 0 Å². The van der Waals surface area contributed by atoms with Gasteiger partial charge in [0.25, 0.3) is 0 Å². The Hall–Kier alpha value is 2.14. The molecule has 0 heterocycles. The molecule has 0 fully saturated rings. The third-order valence-electron chi connectivity index (χ3n) is 0. The van der Waals surface area contributed by atoms with Gasteiger partial charge in [-0.05, 0) is 0 Å². The van der Waals surface area contributed by atoms with Crippen LogP contribution in [0.1, 0.15) is 1.43 Å². The van der Waals surface area contributed by atoms with Crippen molar-refractivity contribution in [3.63, 3.8) is 0 Å².